The monoisotopic (exact) mass is 554 g/mol. The van der Waals surface area contributed by atoms with Crippen LogP contribution in [0.4, 0.5) is 0 Å². The fraction of sp³-hybridized carbons (Fsp3) is 0.433. The summed E-state index contributed by atoms with van der Waals surface area (Å²) in [7, 11) is 3.35. The predicted molar refractivity (Wildman–Crippen MR) is 149 cm³/mol. The topological polar surface area (TPSA) is 135 Å². The van der Waals surface area contributed by atoms with E-state index in [-0.39, 0.29) is 12.2 Å². The zero-order chi connectivity index (χ0) is 28.9. The summed E-state index contributed by atoms with van der Waals surface area (Å²) >= 11 is 0. The summed E-state index contributed by atoms with van der Waals surface area (Å²) in [6.45, 7) is 3.74. The van der Waals surface area contributed by atoms with Gasteiger partial charge in [-0.2, -0.15) is 0 Å². The van der Waals surface area contributed by atoms with Gasteiger partial charge in [-0.3, -0.25) is 4.79 Å². The van der Waals surface area contributed by atoms with Crippen LogP contribution in [0.3, 0.4) is 0 Å². The van der Waals surface area contributed by atoms with Crippen LogP contribution in [0.5, 0.6) is 11.5 Å². The molecule has 10 nitrogen and oxygen atoms in total. The van der Waals surface area contributed by atoms with E-state index in [1.165, 1.54) is 5.56 Å². The second-order valence-electron chi connectivity index (χ2n) is 9.69. The molecule has 1 fully saturated rings. The molecule has 0 bridgehead atoms. The number of methoxy groups -OCH3 is 2. The zero-order valence-electron chi connectivity index (χ0n) is 23.0. The minimum atomic E-state index is -1.26. The third-order valence-corrected chi connectivity index (χ3v) is 7.25. The smallest absolute Gasteiger partial charge is 0.328 e. The maximum Gasteiger partial charge on any atom is 0.328 e. The van der Waals surface area contributed by atoms with Crippen molar-refractivity contribution in [1.82, 2.24) is 10.2 Å². The van der Waals surface area contributed by atoms with Gasteiger partial charge < -0.3 is 34.6 Å². The van der Waals surface area contributed by atoms with Crippen molar-refractivity contribution in [2.24, 2.45) is 5.92 Å². The number of amides is 1. The first kappa shape index (κ1) is 30.6. The standard InChI is InChI=1S/C26H34N2O4.C4H4O4/c1-30-23-9-8-21-22(26(23)31-2)16-24(32-25(21)17-27-18-29)20-11-14-28(15-12-20)13-10-19-6-4-3-5-7-19;5-3(6)1-2-4(7)8/h3-9,18,20,24-25H,10-17H2,1-2H3,(H,27,29);1-2H,(H,5,6)(H,7,8)/b;2-1+/t24-,25-;/m1./s1. The van der Waals surface area contributed by atoms with Crippen LogP contribution in [0.2, 0.25) is 0 Å². The highest BCUT2D eigenvalue weighted by atomic mass is 16.5. The normalized spacial score (nSPS) is 19.1. The number of likely N-dealkylation sites (tertiary alicyclic amines) is 1. The van der Waals surface area contributed by atoms with Crippen LogP contribution in [0, 0.1) is 5.92 Å². The van der Waals surface area contributed by atoms with E-state index in [0.29, 0.717) is 24.6 Å². The lowest BCUT2D eigenvalue weighted by atomic mass is 9.83. The van der Waals surface area contributed by atoms with Crippen molar-refractivity contribution >= 4 is 18.3 Å². The number of hydrogen-bond acceptors (Lipinski definition) is 7. The summed E-state index contributed by atoms with van der Waals surface area (Å²) in [4.78, 5) is 32.6. The quantitative estimate of drug-likeness (QED) is 0.283. The molecule has 1 amide bonds. The third-order valence-electron chi connectivity index (χ3n) is 7.25. The summed E-state index contributed by atoms with van der Waals surface area (Å²) in [5.41, 5.74) is 3.62. The number of benzene rings is 2. The summed E-state index contributed by atoms with van der Waals surface area (Å²) in [6, 6.07) is 14.7. The molecule has 2 aromatic rings. The van der Waals surface area contributed by atoms with Gasteiger partial charge in [0.2, 0.25) is 6.41 Å². The largest absolute Gasteiger partial charge is 0.493 e. The predicted octanol–water partition coefficient (Wildman–Crippen LogP) is 3.10. The van der Waals surface area contributed by atoms with Crippen molar-refractivity contribution in [1.29, 1.82) is 0 Å². The third kappa shape index (κ3) is 8.82. The number of carboxylic acids is 2. The lowest BCUT2D eigenvalue weighted by molar-refractivity contribution is -0.134. The molecule has 0 saturated carbocycles. The second kappa shape index (κ2) is 15.6. The van der Waals surface area contributed by atoms with Crippen LogP contribution in [0.15, 0.2) is 54.6 Å². The van der Waals surface area contributed by atoms with Gasteiger partial charge in [-0.1, -0.05) is 36.4 Å². The maximum atomic E-state index is 10.9. The van der Waals surface area contributed by atoms with Gasteiger partial charge in [0.1, 0.15) is 6.10 Å². The molecular weight excluding hydrogens is 516 g/mol. The highest BCUT2D eigenvalue weighted by Gasteiger charge is 2.36. The molecule has 2 aliphatic heterocycles. The second-order valence-corrected chi connectivity index (χ2v) is 9.69. The van der Waals surface area contributed by atoms with Gasteiger partial charge >= 0.3 is 11.9 Å². The highest BCUT2D eigenvalue weighted by molar-refractivity contribution is 5.89. The van der Waals surface area contributed by atoms with Gasteiger partial charge in [0.15, 0.2) is 11.5 Å². The molecule has 3 N–H and O–H groups in total. The first-order valence-electron chi connectivity index (χ1n) is 13.3. The number of nitrogens with one attached hydrogen (secondary N) is 1. The van der Waals surface area contributed by atoms with Crippen LogP contribution >= 0.6 is 0 Å². The number of carboxylic acid groups (broad SMARTS) is 2. The minimum Gasteiger partial charge on any atom is -0.493 e. The SMILES string of the molecule is COc1ccc2c(c1OC)C[C@H](C1CCN(CCc3ccccc3)CC1)O[C@@H]2CNC=O.O=C(O)/C=C/C(=O)O. The van der Waals surface area contributed by atoms with Crippen LogP contribution in [0.25, 0.3) is 0 Å². The molecule has 0 radical (unpaired) electrons. The number of aliphatic carboxylic acids is 2. The van der Waals surface area contributed by atoms with E-state index in [1.807, 2.05) is 12.1 Å². The number of rotatable bonds is 11. The molecule has 40 heavy (non-hydrogen) atoms. The van der Waals surface area contributed by atoms with Gasteiger partial charge in [0, 0.05) is 37.2 Å². The van der Waals surface area contributed by atoms with Crippen molar-refractivity contribution in [3.05, 3.63) is 71.3 Å². The van der Waals surface area contributed by atoms with Crippen molar-refractivity contribution in [3.63, 3.8) is 0 Å². The van der Waals surface area contributed by atoms with Crippen LogP contribution in [-0.2, 0) is 32.0 Å². The summed E-state index contributed by atoms with van der Waals surface area (Å²) in [5, 5.41) is 18.4. The molecule has 216 valence electrons. The molecule has 2 atom stereocenters. The van der Waals surface area contributed by atoms with Crippen molar-refractivity contribution in [2.75, 3.05) is 40.4 Å². The molecule has 2 aliphatic rings. The van der Waals surface area contributed by atoms with Crippen LogP contribution in [0.1, 0.15) is 35.6 Å². The fourth-order valence-electron chi connectivity index (χ4n) is 5.27. The van der Waals surface area contributed by atoms with Crippen molar-refractivity contribution in [3.8, 4) is 11.5 Å². The summed E-state index contributed by atoms with van der Waals surface area (Å²) < 4.78 is 17.8. The Bertz CT molecular complexity index is 1130. The molecule has 1 saturated heterocycles. The Morgan fingerprint density at radius 2 is 1.70 bits per heavy atom. The minimum absolute atomic E-state index is 0.109. The van der Waals surface area contributed by atoms with E-state index >= 15 is 0 Å². The van der Waals surface area contributed by atoms with E-state index in [1.54, 1.807) is 14.2 Å². The van der Waals surface area contributed by atoms with Gasteiger partial charge in [0.25, 0.3) is 0 Å². The Morgan fingerprint density at radius 1 is 1.02 bits per heavy atom. The summed E-state index contributed by atoms with van der Waals surface area (Å²) in [6.07, 6.45) is 5.92. The number of hydrogen-bond donors (Lipinski definition) is 3. The van der Waals surface area contributed by atoms with E-state index in [2.05, 4.69) is 40.5 Å². The van der Waals surface area contributed by atoms with Crippen molar-refractivity contribution < 1.29 is 38.8 Å². The first-order chi connectivity index (χ1) is 19.4. The van der Waals surface area contributed by atoms with Crippen molar-refractivity contribution in [2.45, 2.75) is 37.9 Å². The molecule has 10 heteroatoms. The molecule has 4 rings (SSSR count). The number of fused-ring (bicyclic) bond motifs is 1. The average molecular weight is 555 g/mol. The maximum absolute atomic E-state index is 10.9. The molecule has 2 heterocycles. The molecule has 2 aromatic carbocycles. The van der Waals surface area contributed by atoms with Gasteiger partial charge in [-0.25, -0.2) is 9.59 Å². The Balaban J connectivity index is 0.000000482. The lowest BCUT2D eigenvalue weighted by Gasteiger charge is -2.41. The Morgan fingerprint density at radius 3 is 2.27 bits per heavy atom. The van der Waals surface area contributed by atoms with Crippen LogP contribution < -0.4 is 14.8 Å². The van der Waals surface area contributed by atoms with Gasteiger partial charge in [0.05, 0.1) is 20.3 Å². The number of nitrogens with zero attached hydrogens (tertiary/aromatic N) is 1. The van der Waals surface area contributed by atoms with Gasteiger partial charge in [-0.05, 0) is 55.5 Å². The highest BCUT2D eigenvalue weighted by Crippen LogP contribution is 2.43. The summed E-state index contributed by atoms with van der Waals surface area (Å²) in [5.74, 6) is -0.495. The molecule has 0 aromatic heterocycles. The lowest BCUT2D eigenvalue weighted by Crippen LogP contribution is -2.43. The fourth-order valence-corrected chi connectivity index (χ4v) is 5.27. The Labute approximate surface area is 234 Å². The van der Waals surface area contributed by atoms with Crippen LogP contribution in [-0.4, -0.2) is 80.0 Å². The average Bonchev–Trinajstić information content (AvgIpc) is 2.98. The number of carbonyl (C=O) groups is 3. The van der Waals surface area contributed by atoms with E-state index in [0.717, 1.165) is 74.4 Å². The van der Waals surface area contributed by atoms with E-state index in [4.69, 9.17) is 24.4 Å². The first-order valence-corrected chi connectivity index (χ1v) is 13.3. The molecular formula is C30H38N2O8. The van der Waals surface area contributed by atoms with E-state index < -0.39 is 11.9 Å². The Hall–Kier alpha value is -3.89. The van der Waals surface area contributed by atoms with E-state index in [9.17, 15) is 14.4 Å². The molecule has 0 unspecified atom stereocenters. The number of ether oxygens (including phenoxy) is 3. The zero-order valence-corrected chi connectivity index (χ0v) is 23.0. The number of carbonyl (C=O) groups excluding carboxylic acids is 1. The molecule has 0 spiro atoms. The van der Waals surface area contributed by atoms with Gasteiger partial charge in [-0.15, -0.1) is 0 Å². The Kier molecular flexibility index (Phi) is 12.0. The molecule has 0 aliphatic carbocycles. The number of piperidine rings is 1.